The largest absolute Gasteiger partial charge is 0.396 e. The maximum absolute atomic E-state index is 11.2. The first kappa shape index (κ1) is 15.7. The van der Waals surface area contributed by atoms with Crippen LogP contribution in [0.15, 0.2) is 35.5 Å². The lowest BCUT2D eigenvalue weighted by atomic mass is 10.1. The third kappa shape index (κ3) is 6.35. The van der Waals surface area contributed by atoms with Gasteiger partial charge in [0.1, 0.15) is 6.61 Å². The monoisotopic (exact) mass is 285 g/mol. The molecule has 1 rings (SSSR count). The number of nitrogens with zero attached hydrogens (tertiary/aromatic N) is 1. The van der Waals surface area contributed by atoms with Crippen molar-refractivity contribution in [2.24, 2.45) is 5.16 Å². The summed E-state index contributed by atoms with van der Waals surface area (Å²) in [4.78, 5) is 5.09. The van der Waals surface area contributed by atoms with Gasteiger partial charge in [-0.3, -0.25) is 4.18 Å². The van der Waals surface area contributed by atoms with E-state index >= 15 is 0 Å². The molecule has 1 aromatic rings. The van der Waals surface area contributed by atoms with Gasteiger partial charge in [-0.2, -0.15) is 8.42 Å². The van der Waals surface area contributed by atoms with Gasteiger partial charge >= 0.3 is 0 Å². The quantitative estimate of drug-likeness (QED) is 0.318. The minimum Gasteiger partial charge on any atom is -0.396 e. The number of benzene rings is 1. The Bertz CT molecular complexity index is 497. The first-order valence-corrected chi connectivity index (χ1v) is 7.72. The highest BCUT2D eigenvalue weighted by molar-refractivity contribution is 7.86. The molecule has 0 amide bonds. The van der Waals surface area contributed by atoms with E-state index in [1.165, 1.54) is 0 Å². The van der Waals surface area contributed by atoms with Crippen molar-refractivity contribution in [1.82, 2.24) is 0 Å². The molecule has 106 valence electrons. The first-order chi connectivity index (χ1) is 9.05. The van der Waals surface area contributed by atoms with Crippen LogP contribution in [-0.2, 0) is 19.1 Å². The van der Waals surface area contributed by atoms with Crippen LogP contribution in [0.2, 0.25) is 0 Å². The van der Waals surface area contributed by atoms with Gasteiger partial charge in [0.05, 0.1) is 18.1 Å². The number of rotatable bonds is 8. The lowest BCUT2D eigenvalue weighted by Gasteiger charge is -2.04. The van der Waals surface area contributed by atoms with Gasteiger partial charge in [-0.15, -0.1) is 0 Å². The summed E-state index contributed by atoms with van der Waals surface area (Å²) < 4.78 is 27.1. The molecule has 0 atom stereocenters. The van der Waals surface area contributed by atoms with Crippen LogP contribution < -0.4 is 0 Å². The fraction of sp³-hybridized carbons (Fsp3) is 0.462. The Morgan fingerprint density at radius 1 is 1.26 bits per heavy atom. The minimum atomic E-state index is -3.41. The summed E-state index contributed by atoms with van der Waals surface area (Å²) in [5, 5.41) is 3.94. The topological polar surface area (TPSA) is 65.0 Å². The normalized spacial score (nSPS) is 12.4. The van der Waals surface area contributed by atoms with E-state index in [0.29, 0.717) is 6.42 Å². The molecule has 0 saturated heterocycles. The predicted octanol–water partition coefficient (Wildman–Crippen LogP) is 2.18. The van der Waals surface area contributed by atoms with Gasteiger partial charge in [0.15, 0.2) is 0 Å². The van der Waals surface area contributed by atoms with Gasteiger partial charge in [-0.1, -0.05) is 35.5 Å². The standard InChI is InChI=1S/C13H19NO4S/c1-3-18-19(15,16)11-7-10-17-14-12(2)13-8-5-4-6-9-13/h4-6,8-9H,3,7,10-11H2,1-2H3/b14-12+. The van der Waals surface area contributed by atoms with Crippen molar-refractivity contribution in [3.63, 3.8) is 0 Å². The molecule has 19 heavy (non-hydrogen) atoms. The Morgan fingerprint density at radius 2 is 1.95 bits per heavy atom. The maximum atomic E-state index is 11.2. The summed E-state index contributed by atoms with van der Waals surface area (Å²) in [5.41, 5.74) is 1.73. The van der Waals surface area contributed by atoms with Crippen LogP contribution in [0.1, 0.15) is 25.8 Å². The Hall–Kier alpha value is -1.40. The van der Waals surface area contributed by atoms with Gasteiger partial charge in [0, 0.05) is 6.42 Å². The van der Waals surface area contributed by atoms with Gasteiger partial charge in [0.2, 0.25) is 0 Å². The Morgan fingerprint density at radius 3 is 2.58 bits per heavy atom. The third-order valence-corrected chi connectivity index (χ3v) is 3.70. The second-order valence-corrected chi connectivity index (χ2v) is 5.66. The average molecular weight is 285 g/mol. The zero-order valence-electron chi connectivity index (χ0n) is 11.2. The van der Waals surface area contributed by atoms with Crippen LogP contribution in [0.5, 0.6) is 0 Å². The number of oxime groups is 1. The maximum Gasteiger partial charge on any atom is 0.267 e. The molecule has 0 radical (unpaired) electrons. The molecule has 0 saturated carbocycles. The predicted molar refractivity (Wildman–Crippen MR) is 74.6 cm³/mol. The van der Waals surface area contributed by atoms with Crippen LogP contribution in [0.25, 0.3) is 0 Å². The molecule has 0 aliphatic carbocycles. The van der Waals surface area contributed by atoms with Crippen LogP contribution in [0.3, 0.4) is 0 Å². The van der Waals surface area contributed by atoms with Gasteiger partial charge < -0.3 is 4.84 Å². The second kappa shape index (κ2) is 7.91. The second-order valence-electron chi connectivity index (χ2n) is 3.90. The van der Waals surface area contributed by atoms with Crippen LogP contribution in [0, 0.1) is 0 Å². The van der Waals surface area contributed by atoms with E-state index in [1.807, 2.05) is 37.3 Å². The molecule has 1 aromatic carbocycles. The third-order valence-electron chi connectivity index (χ3n) is 2.32. The highest BCUT2D eigenvalue weighted by Gasteiger charge is 2.09. The smallest absolute Gasteiger partial charge is 0.267 e. The highest BCUT2D eigenvalue weighted by Crippen LogP contribution is 2.02. The molecule has 0 aliphatic rings. The zero-order valence-corrected chi connectivity index (χ0v) is 12.0. The van der Waals surface area contributed by atoms with E-state index in [2.05, 4.69) is 9.34 Å². The van der Waals surface area contributed by atoms with Crippen molar-refractivity contribution >= 4 is 15.8 Å². The summed E-state index contributed by atoms with van der Waals surface area (Å²) in [6, 6.07) is 9.63. The number of hydrogen-bond donors (Lipinski definition) is 0. The molecule has 0 N–H and O–H groups in total. The van der Waals surface area contributed by atoms with Crippen LogP contribution >= 0.6 is 0 Å². The van der Waals surface area contributed by atoms with E-state index in [4.69, 9.17) is 4.84 Å². The fourth-order valence-electron chi connectivity index (χ4n) is 1.41. The summed E-state index contributed by atoms with van der Waals surface area (Å²) in [6.45, 7) is 3.89. The van der Waals surface area contributed by atoms with Crippen molar-refractivity contribution in [2.45, 2.75) is 20.3 Å². The van der Waals surface area contributed by atoms with E-state index < -0.39 is 10.1 Å². The van der Waals surface area contributed by atoms with E-state index in [-0.39, 0.29) is 19.0 Å². The Labute approximate surface area is 114 Å². The van der Waals surface area contributed by atoms with E-state index in [1.54, 1.807) is 6.92 Å². The van der Waals surface area contributed by atoms with Crippen LogP contribution in [-0.4, -0.2) is 33.1 Å². The van der Waals surface area contributed by atoms with Crippen molar-refractivity contribution < 1.29 is 17.4 Å². The molecule has 0 fully saturated rings. The van der Waals surface area contributed by atoms with Crippen molar-refractivity contribution in [3.8, 4) is 0 Å². The first-order valence-electron chi connectivity index (χ1n) is 6.14. The zero-order chi connectivity index (χ0) is 14.1. The van der Waals surface area contributed by atoms with Gasteiger partial charge in [0.25, 0.3) is 10.1 Å². The molecule has 0 aromatic heterocycles. The lowest BCUT2D eigenvalue weighted by molar-refractivity contribution is 0.145. The molecule has 0 heterocycles. The highest BCUT2D eigenvalue weighted by atomic mass is 32.2. The molecule has 6 heteroatoms. The molecular formula is C13H19NO4S. The summed E-state index contributed by atoms with van der Waals surface area (Å²) in [6.07, 6.45) is 0.355. The van der Waals surface area contributed by atoms with Gasteiger partial charge in [-0.25, -0.2) is 0 Å². The molecule has 0 aliphatic heterocycles. The Balaban J connectivity index is 2.31. The molecule has 0 bridgehead atoms. The minimum absolute atomic E-state index is 0.0548. The molecular weight excluding hydrogens is 266 g/mol. The average Bonchev–Trinajstić information content (AvgIpc) is 2.39. The summed E-state index contributed by atoms with van der Waals surface area (Å²) in [7, 11) is -3.41. The summed E-state index contributed by atoms with van der Waals surface area (Å²) in [5.74, 6) is -0.0548. The van der Waals surface area contributed by atoms with Crippen molar-refractivity contribution in [1.29, 1.82) is 0 Å². The van der Waals surface area contributed by atoms with Crippen molar-refractivity contribution in [2.75, 3.05) is 19.0 Å². The van der Waals surface area contributed by atoms with E-state index in [9.17, 15) is 8.42 Å². The molecule has 0 unspecified atom stereocenters. The molecule has 0 spiro atoms. The molecule has 5 nitrogen and oxygen atoms in total. The van der Waals surface area contributed by atoms with E-state index in [0.717, 1.165) is 11.3 Å². The van der Waals surface area contributed by atoms with Gasteiger partial charge in [-0.05, 0) is 19.4 Å². The lowest BCUT2D eigenvalue weighted by Crippen LogP contribution is -2.11. The van der Waals surface area contributed by atoms with Crippen LogP contribution in [0.4, 0.5) is 0 Å². The Kier molecular flexibility index (Phi) is 6.52. The van der Waals surface area contributed by atoms with Crippen molar-refractivity contribution in [3.05, 3.63) is 35.9 Å². The summed E-state index contributed by atoms with van der Waals surface area (Å²) >= 11 is 0. The number of hydrogen-bond acceptors (Lipinski definition) is 5. The SMILES string of the molecule is CCOS(=O)(=O)CCCO/N=C(\C)c1ccccc1. The fourth-order valence-corrected chi connectivity index (χ4v) is 2.36.